The summed E-state index contributed by atoms with van der Waals surface area (Å²) in [6, 6.07) is 7.34. The molecule has 2 aromatic rings. The largest absolute Gasteiger partial charge is 0.493 e. The highest BCUT2D eigenvalue weighted by Crippen LogP contribution is 2.43. The normalized spacial score (nSPS) is 21.2. The van der Waals surface area contributed by atoms with Gasteiger partial charge in [-0.15, -0.1) is 0 Å². The Morgan fingerprint density at radius 3 is 2.74 bits per heavy atom. The molecule has 2 heterocycles. The van der Waals surface area contributed by atoms with Gasteiger partial charge in [-0.25, -0.2) is 9.97 Å². The second kappa shape index (κ2) is 14.9. The van der Waals surface area contributed by atoms with E-state index in [-0.39, 0.29) is 37.5 Å². The van der Waals surface area contributed by atoms with Crippen LogP contribution in [0.1, 0.15) is 56.1 Å². The molecule has 1 aromatic heterocycles. The lowest BCUT2D eigenvalue weighted by Crippen LogP contribution is -2.46. The monoisotopic (exact) mass is 581 g/mol. The molecule has 2 bridgehead atoms. The molecule has 0 spiro atoms. The highest BCUT2D eigenvalue weighted by atomic mass is 16.5. The molecule has 0 saturated heterocycles. The summed E-state index contributed by atoms with van der Waals surface area (Å²) in [7, 11) is 1.54. The smallest absolute Gasteiger partial charge is 0.314 e. The molecule has 1 unspecified atom stereocenters. The summed E-state index contributed by atoms with van der Waals surface area (Å²) in [6.07, 6.45) is 5.77. The molecule has 2 N–H and O–H groups in total. The lowest BCUT2D eigenvalue weighted by Gasteiger charge is -2.32. The van der Waals surface area contributed by atoms with Crippen molar-refractivity contribution in [3.8, 4) is 11.5 Å². The first-order valence-corrected chi connectivity index (χ1v) is 14.8. The zero-order valence-corrected chi connectivity index (χ0v) is 24.9. The maximum Gasteiger partial charge on any atom is 0.314 e. The summed E-state index contributed by atoms with van der Waals surface area (Å²) < 4.78 is 17.0. The van der Waals surface area contributed by atoms with Crippen LogP contribution in [0.25, 0.3) is 0 Å². The first-order chi connectivity index (χ1) is 20.3. The van der Waals surface area contributed by atoms with E-state index in [2.05, 4.69) is 25.5 Å². The first-order valence-electron chi connectivity index (χ1n) is 14.8. The molecule has 1 aliphatic carbocycles. The van der Waals surface area contributed by atoms with Gasteiger partial charge in [-0.2, -0.15) is 0 Å². The Balaban J connectivity index is 1.58. The van der Waals surface area contributed by atoms with E-state index < -0.39 is 5.41 Å². The van der Waals surface area contributed by atoms with Crippen LogP contribution in [0.4, 0.5) is 0 Å². The molecule has 2 amide bonds. The van der Waals surface area contributed by atoms with Gasteiger partial charge in [-0.1, -0.05) is 18.9 Å². The quantitative estimate of drug-likeness (QED) is 0.474. The van der Waals surface area contributed by atoms with E-state index in [1.165, 1.54) is 0 Å². The van der Waals surface area contributed by atoms with E-state index in [0.717, 1.165) is 24.1 Å². The number of ether oxygens (including phenoxy) is 3. The average molecular weight is 582 g/mol. The van der Waals surface area contributed by atoms with Crippen molar-refractivity contribution >= 4 is 17.8 Å². The van der Waals surface area contributed by atoms with Crippen LogP contribution in [0.15, 0.2) is 30.5 Å². The molecule has 4 rings (SSSR count). The van der Waals surface area contributed by atoms with Crippen molar-refractivity contribution in [2.75, 3.05) is 46.5 Å². The molecule has 0 radical (unpaired) electrons. The molecule has 2 aliphatic rings. The average Bonchev–Trinajstić information content (AvgIpc) is 3.78. The maximum absolute atomic E-state index is 13.5. The number of fused-ring (bicyclic) bond motifs is 2. The molecule has 1 atom stereocenters. The molecule has 1 aromatic carbocycles. The number of amides is 2. The number of hydrogen-bond acceptors (Lipinski definition) is 9. The number of carbonyl (C=O) groups excluding carboxylic acids is 3. The second-order valence-corrected chi connectivity index (χ2v) is 11.2. The highest BCUT2D eigenvalue weighted by Gasteiger charge is 2.44. The van der Waals surface area contributed by atoms with Gasteiger partial charge in [-0.3, -0.25) is 19.3 Å². The Morgan fingerprint density at radius 1 is 1.17 bits per heavy atom. The SMILES string of the molecule is CCOC(=O)C1(CC2CC2)CNC(=O)CCCN(Cc2ccnc(C)n2)CCNC(=O)COc2cc(ccc2OC)C1. The van der Waals surface area contributed by atoms with Crippen molar-refractivity contribution in [3.05, 3.63) is 47.5 Å². The number of rotatable bonds is 7. The summed E-state index contributed by atoms with van der Waals surface area (Å²) in [5, 5.41) is 5.99. The number of methoxy groups -OCH3 is 1. The molecule has 42 heavy (non-hydrogen) atoms. The first kappa shape index (κ1) is 31.2. The standard InChI is InChI=1S/C31H43N5O6/c1-4-41-30(39)31(17-23-7-8-23)18-24-9-10-26(40-3)27(16-24)42-20-29(38)33-13-15-36(14-5-6-28(37)34-21-31)19-25-11-12-32-22(2)35-25/h9-12,16,23H,4-8,13-15,17-21H2,1-3H3,(H,33,38)(H,34,37). The summed E-state index contributed by atoms with van der Waals surface area (Å²) >= 11 is 0. The molecule has 1 aliphatic heterocycles. The number of aryl methyl sites for hydroxylation is 1. The molecule has 228 valence electrons. The molecule has 1 fully saturated rings. The molecular formula is C31H43N5O6. The van der Waals surface area contributed by atoms with E-state index >= 15 is 0 Å². The molecular weight excluding hydrogens is 538 g/mol. The predicted octanol–water partition coefficient (Wildman–Crippen LogP) is 2.59. The third kappa shape index (κ3) is 9.14. The fourth-order valence-corrected chi connectivity index (χ4v) is 5.39. The third-order valence-electron chi connectivity index (χ3n) is 7.69. The van der Waals surface area contributed by atoms with Gasteiger partial charge in [0.1, 0.15) is 5.82 Å². The topological polar surface area (TPSA) is 132 Å². The third-order valence-corrected chi connectivity index (χ3v) is 7.69. The van der Waals surface area contributed by atoms with Gasteiger partial charge in [-0.05, 0) is 69.3 Å². The Labute approximate surface area is 247 Å². The Kier molecular flexibility index (Phi) is 11.1. The zero-order chi connectivity index (χ0) is 30.0. The van der Waals surface area contributed by atoms with Gasteiger partial charge in [0, 0.05) is 38.8 Å². The second-order valence-electron chi connectivity index (χ2n) is 11.2. The zero-order valence-electron chi connectivity index (χ0n) is 24.9. The van der Waals surface area contributed by atoms with E-state index in [0.29, 0.717) is 75.1 Å². The van der Waals surface area contributed by atoms with Crippen molar-refractivity contribution in [1.82, 2.24) is 25.5 Å². The molecule has 1 saturated carbocycles. The minimum Gasteiger partial charge on any atom is -0.493 e. The van der Waals surface area contributed by atoms with Gasteiger partial charge in [0.15, 0.2) is 18.1 Å². The lowest BCUT2D eigenvalue weighted by atomic mass is 9.76. The van der Waals surface area contributed by atoms with Crippen LogP contribution < -0.4 is 20.1 Å². The van der Waals surface area contributed by atoms with E-state index in [4.69, 9.17) is 14.2 Å². The summed E-state index contributed by atoms with van der Waals surface area (Å²) in [5.74, 6) is 1.34. The van der Waals surface area contributed by atoms with Crippen LogP contribution >= 0.6 is 0 Å². The van der Waals surface area contributed by atoms with Crippen molar-refractivity contribution in [2.24, 2.45) is 11.3 Å². The number of carbonyl (C=O) groups is 3. The van der Waals surface area contributed by atoms with Gasteiger partial charge < -0.3 is 24.8 Å². The van der Waals surface area contributed by atoms with Gasteiger partial charge in [0.2, 0.25) is 5.91 Å². The predicted molar refractivity (Wildman–Crippen MR) is 156 cm³/mol. The number of aromatic nitrogens is 2. The number of esters is 1. The van der Waals surface area contributed by atoms with Crippen LogP contribution in [0.2, 0.25) is 0 Å². The summed E-state index contributed by atoms with van der Waals surface area (Å²) in [6.45, 7) is 6.10. The molecule has 11 nitrogen and oxygen atoms in total. The summed E-state index contributed by atoms with van der Waals surface area (Å²) in [4.78, 5) is 50.1. The number of hydrogen-bond donors (Lipinski definition) is 2. The van der Waals surface area contributed by atoms with Crippen LogP contribution in [-0.4, -0.2) is 79.2 Å². The van der Waals surface area contributed by atoms with E-state index in [1.807, 2.05) is 25.1 Å². The Hall–Kier alpha value is -3.73. The van der Waals surface area contributed by atoms with Crippen LogP contribution in [-0.2, 0) is 32.1 Å². The van der Waals surface area contributed by atoms with Gasteiger partial charge >= 0.3 is 5.97 Å². The lowest BCUT2D eigenvalue weighted by molar-refractivity contribution is -0.156. The Bertz CT molecular complexity index is 1240. The Morgan fingerprint density at radius 2 is 2.00 bits per heavy atom. The minimum absolute atomic E-state index is 0.106. The number of nitrogens with one attached hydrogen (secondary N) is 2. The minimum atomic E-state index is -0.918. The van der Waals surface area contributed by atoms with E-state index in [1.54, 1.807) is 26.3 Å². The number of nitrogens with zero attached hydrogens (tertiary/aromatic N) is 3. The number of benzene rings is 1. The van der Waals surface area contributed by atoms with Crippen LogP contribution in [0.5, 0.6) is 11.5 Å². The van der Waals surface area contributed by atoms with E-state index in [9.17, 15) is 14.4 Å². The fraction of sp³-hybridized carbons (Fsp3) is 0.581. The molecule has 11 heteroatoms. The fourth-order valence-electron chi connectivity index (χ4n) is 5.39. The maximum atomic E-state index is 13.5. The van der Waals surface area contributed by atoms with Crippen LogP contribution in [0.3, 0.4) is 0 Å². The van der Waals surface area contributed by atoms with Gasteiger partial charge in [0.25, 0.3) is 5.91 Å². The van der Waals surface area contributed by atoms with Crippen molar-refractivity contribution < 1.29 is 28.6 Å². The van der Waals surface area contributed by atoms with Crippen molar-refractivity contribution in [3.63, 3.8) is 0 Å². The van der Waals surface area contributed by atoms with Crippen molar-refractivity contribution in [1.29, 1.82) is 0 Å². The van der Waals surface area contributed by atoms with Crippen molar-refractivity contribution in [2.45, 2.75) is 58.9 Å². The van der Waals surface area contributed by atoms with Gasteiger partial charge in [0.05, 0.1) is 24.8 Å². The summed E-state index contributed by atoms with van der Waals surface area (Å²) in [5.41, 5.74) is 0.791. The van der Waals surface area contributed by atoms with Crippen LogP contribution in [0, 0.1) is 18.3 Å². The highest BCUT2D eigenvalue weighted by molar-refractivity contribution is 5.80.